The first-order valence-corrected chi connectivity index (χ1v) is 9.20. The predicted molar refractivity (Wildman–Crippen MR) is 100 cm³/mol. The van der Waals surface area contributed by atoms with Crippen LogP contribution in [0.25, 0.3) is 0 Å². The van der Waals surface area contributed by atoms with E-state index in [0.717, 1.165) is 24.3 Å². The summed E-state index contributed by atoms with van der Waals surface area (Å²) < 4.78 is 5.38. The molecule has 6 nitrogen and oxygen atoms in total. The van der Waals surface area contributed by atoms with E-state index in [1.807, 2.05) is 26.0 Å². The van der Waals surface area contributed by atoms with Gasteiger partial charge in [-0.15, -0.1) is 0 Å². The monoisotopic (exact) mass is 361 g/mol. The van der Waals surface area contributed by atoms with Crippen LogP contribution in [0.1, 0.15) is 32.9 Å². The summed E-state index contributed by atoms with van der Waals surface area (Å²) in [6.45, 7) is 6.33. The largest absolute Gasteiger partial charge is 0.494 e. The minimum atomic E-state index is -0.397. The number of aromatic nitrogens is 2. The van der Waals surface area contributed by atoms with Gasteiger partial charge in [0.15, 0.2) is 5.16 Å². The van der Waals surface area contributed by atoms with Crippen LogP contribution in [0.3, 0.4) is 0 Å². The minimum absolute atomic E-state index is 0.155. The Morgan fingerprint density at radius 1 is 1.32 bits per heavy atom. The first kappa shape index (κ1) is 19.1. The van der Waals surface area contributed by atoms with Crippen molar-refractivity contribution in [1.29, 1.82) is 0 Å². The standard InChI is InChI=1S/C18H23N3O3S/c1-4-6-14-11-16(22)21-18(20-14)25-12(3)17(23)19-13-7-9-15(10-8-13)24-5-2/h7-12H,4-6H2,1-3H3,(H,19,23)(H,20,21,22)/t12-/m0/s1. The molecule has 2 rings (SSSR count). The van der Waals surface area contributed by atoms with E-state index in [9.17, 15) is 9.59 Å². The van der Waals surface area contributed by atoms with Gasteiger partial charge in [0.1, 0.15) is 5.75 Å². The van der Waals surface area contributed by atoms with Crippen molar-refractivity contribution in [1.82, 2.24) is 9.97 Å². The summed E-state index contributed by atoms with van der Waals surface area (Å²) in [4.78, 5) is 31.1. The number of aromatic amines is 1. The molecular weight excluding hydrogens is 338 g/mol. The van der Waals surface area contributed by atoms with E-state index in [2.05, 4.69) is 15.3 Å². The molecule has 0 unspecified atom stereocenters. The van der Waals surface area contributed by atoms with Crippen molar-refractivity contribution in [2.24, 2.45) is 0 Å². The fourth-order valence-electron chi connectivity index (χ4n) is 2.19. The van der Waals surface area contributed by atoms with Gasteiger partial charge in [0.05, 0.1) is 11.9 Å². The van der Waals surface area contributed by atoms with E-state index in [-0.39, 0.29) is 11.5 Å². The average Bonchev–Trinajstić information content (AvgIpc) is 2.56. The van der Waals surface area contributed by atoms with E-state index < -0.39 is 5.25 Å². The summed E-state index contributed by atoms with van der Waals surface area (Å²) in [6, 6.07) is 8.71. The molecule has 0 fully saturated rings. The second-order valence-electron chi connectivity index (χ2n) is 5.50. The number of carbonyl (C=O) groups excluding carboxylic acids is 1. The SMILES string of the molecule is CCCc1cc(=O)[nH]c(S[C@@H](C)C(=O)Nc2ccc(OCC)cc2)n1. The van der Waals surface area contributed by atoms with E-state index in [4.69, 9.17) is 4.74 Å². The molecule has 0 spiro atoms. The zero-order valence-corrected chi connectivity index (χ0v) is 15.5. The van der Waals surface area contributed by atoms with Gasteiger partial charge in [0.25, 0.3) is 5.56 Å². The summed E-state index contributed by atoms with van der Waals surface area (Å²) in [6.07, 6.45) is 1.65. The maximum atomic E-state index is 12.3. The van der Waals surface area contributed by atoms with Crippen molar-refractivity contribution >= 4 is 23.4 Å². The number of hydrogen-bond donors (Lipinski definition) is 2. The van der Waals surface area contributed by atoms with Gasteiger partial charge in [-0.3, -0.25) is 9.59 Å². The van der Waals surface area contributed by atoms with Crippen LogP contribution in [0.4, 0.5) is 5.69 Å². The lowest BCUT2D eigenvalue weighted by molar-refractivity contribution is -0.115. The van der Waals surface area contributed by atoms with Crippen LogP contribution in [0.15, 0.2) is 40.3 Å². The number of thioether (sulfide) groups is 1. The van der Waals surface area contributed by atoms with Crippen molar-refractivity contribution < 1.29 is 9.53 Å². The Kier molecular flexibility index (Phi) is 7.06. The Morgan fingerprint density at radius 2 is 2.04 bits per heavy atom. The topological polar surface area (TPSA) is 84.1 Å². The van der Waals surface area contributed by atoms with Crippen LogP contribution >= 0.6 is 11.8 Å². The lowest BCUT2D eigenvalue weighted by Gasteiger charge is -2.12. The molecule has 0 saturated carbocycles. The summed E-state index contributed by atoms with van der Waals surface area (Å²) in [5.74, 6) is 0.607. The molecule has 134 valence electrons. The number of anilines is 1. The Hall–Kier alpha value is -2.28. The summed E-state index contributed by atoms with van der Waals surface area (Å²) in [5, 5.41) is 2.92. The third kappa shape index (κ3) is 5.94. The third-order valence-corrected chi connectivity index (χ3v) is 4.35. The molecule has 0 aliphatic rings. The Labute approximate surface area is 151 Å². The molecule has 7 heteroatoms. The van der Waals surface area contributed by atoms with Crippen LogP contribution in [0.5, 0.6) is 5.75 Å². The van der Waals surface area contributed by atoms with Crippen molar-refractivity contribution in [3.63, 3.8) is 0 Å². The number of H-pyrrole nitrogens is 1. The molecule has 2 aromatic rings. The van der Waals surface area contributed by atoms with E-state index in [0.29, 0.717) is 17.5 Å². The second-order valence-corrected chi connectivity index (χ2v) is 6.83. The van der Waals surface area contributed by atoms with Gasteiger partial charge in [0.2, 0.25) is 5.91 Å². The quantitative estimate of drug-likeness (QED) is 0.557. The number of rotatable bonds is 8. The molecule has 0 saturated heterocycles. The van der Waals surface area contributed by atoms with Gasteiger partial charge >= 0.3 is 0 Å². The van der Waals surface area contributed by atoms with Gasteiger partial charge < -0.3 is 15.0 Å². The summed E-state index contributed by atoms with van der Waals surface area (Å²) in [7, 11) is 0. The predicted octanol–water partition coefficient (Wildman–Crippen LogP) is 3.24. The number of carbonyl (C=O) groups is 1. The first-order chi connectivity index (χ1) is 12.0. The number of benzene rings is 1. The van der Waals surface area contributed by atoms with Gasteiger partial charge in [0, 0.05) is 17.4 Å². The van der Waals surface area contributed by atoms with Crippen molar-refractivity contribution in [3.05, 3.63) is 46.4 Å². The lowest BCUT2D eigenvalue weighted by atomic mass is 10.2. The van der Waals surface area contributed by atoms with Gasteiger partial charge in [-0.05, 0) is 44.5 Å². The van der Waals surface area contributed by atoms with Crippen LogP contribution in [-0.4, -0.2) is 27.7 Å². The number of aryl methyl sites for hydroxylation is 1. The maximum Gasteiger partial charge on any atom is 0.251 e. The average molecular weight is 361 g/mol. The highest BCUT2D eigenvalue weighted by atomic mass is 32.2. The highest BCUT2D eigenvalue weighted by Gasteiger charge is 2.16. The van der Waals surface area contributed by atoms with Crippen molar-refractivity contribution in [2.45, 2.75) is 44.0 Å². The number of hydrogen-bond acceptors (Lipinski definition) is 5. The van der Waals surface area contributed by atoms with Crippen LogP contribution in [-0.2, 0) is 11.2 Å². The summed E-state index contributed by atoms with van der Waals surface area (Å²) >= 11 is 1.23. The van der Waals surface area contributed by atoms with Crippen molar-refractivity contribution in [3.8, 4) is 5.75 Å². The molecule has 2 N–H and O–H groups in total. The smallest absolute Gasteiger partial charge is 0.251 e. The van der Waals surface area contributed by atoms with Crippen LogP contribution in [0.2, 0.25) is 0 Å². The third-order valence-electron chi connectivity index (χ3n) is 3.37. The van der Waals surface area contributed by atoms with E-state index in [1.54, 1.807) is 19.1 Å². The first-order valence-electron chi connectivity index (χ1n) is 8.32. The minimum Gasteiger partial charge on any atom is -0.494 e. The fourth-order valence-corrected chi connectivity index (χ4v) is 3.02. The molecule has 25 heavy (non-hydrogen) atoms. The van der Waals surface area contributed by atoms with Gasteiger partial charge in [-0.25, -0.2) is 4.98 Å². The normalized spacial score (nSPS) is 11.8. The molecule has 1 aromatic heterocycles. The van der Waals surface area contributed by atoms with E-state index in [1.165, 1.54) is 17.8 Å². The summed E-state index contributed by atoms with van der Waals surface area (Å²) in [5.41, 5.74) is 1.25. The molecule has 1 heterocycles. The highest BCUT2D eigenvalue weighted by Crippen LogP contribution is 2.21. The van der Waals surface area contributed by atoms with Gasteiger partial charge in [-0.1, -0.05) is 25.1 Å². The Balaban J connectivity index is 1.99. The van der Waals surface area contributed by atoms with Gasteiger partial charge in [-0.2, -0.15) is 0 Å². The number of amides is 1. The van der Waals surface area contributed by atoms with Crippen LogP contribution in [0, 0.1) is 0 Å². The maximum absolute atomic E-state index is 12.3. The molecular formula is C18H23N3O3S. The zero-order chi connectivity index (χ0) is 18.2. The molecule has 1 amide bonds. The zero-order valence-electron chi connectivity index (χ0n) is 14.7. The molecule has 0 bridgehead atoms. The molecule has 0 aliphatic carbocycles. The van der Waals surface area contributed by atoms with Crippen LogP contribution < -0.4 is 15.6 Å². The second kappa shape index (κ2) is 9.27. The lowest BCUT2D eigenvalue weighted by Crippen LogP contribution is -2.23. The Morgan fingerprint density at radius 3 is 2.68 bits per heavy atom. The molecule has 1 atom stereocenters. The highest BCUT2D eigenvalue weighted by molar-refractivity contribution is 8.00. The number of nitrogens with one attached hydrogen (secondary N) is 2. The van der Waals surface area contributed by atoms with Crippen molar-refractivity contribution in [2.75, 3.05) is 11.9 Å². The molecule has 0 radical (unpaired) electrons. The number of nitrogens with zero attached hydrogens (tertiary/aromatic N) is 1. The molecule has 1 aromatic carbocycles. The van der Waals surface area contributed by atoms with E-state index >= 15 is 0 Å². The Bertz CT molecular complexity index is 759. The number of ether oxygens (including phenoxy) is 1. The fraction of sp³-hybridized carbons (Fsp3) is 0.389. The molecule has 0 aliphatic heterocycles.